The maximum atomic E-state index is 6.15. The lowest BCUT2D eigenvalue weighted by Gasteiger charge is -2.54. The van der Waals surface area contributed by atoms with Gasteiger partial charge < -0.3 is 0 Å². The van der Waals surface area contributed by atoms with Crippen molar-refractivity contribution in [1.82, 2.24) is 0 Å². The lowest BCUT2D eigenvalue weighted by molar-refractivity contribution is 0.447. The maximum absolute atomic E-state index is 6.15. The molecule has 0 aliphatic carbocycles. The van der Waals surface area contributed by atoms with Gasteiger partial charge in [-0.25, -0.2) is 0 Å². The standard InChI is InChI=1S/C7Cl16/c8-1(5(15,16)17,6(18,19)20)2(9,10)3(11,12)4(13,14)7(21,22)23. The summed E-state index contributed by atoms with van der Waals surface area (Å²) in [6.45, 7) is 0. The van der Waals surface area contributed by atoms with Crippen LogP contribution in [0.25, 0.3) is 0 Å². The summed E-state index contributed by atoms with van der Waals surface area (Å²) < 4.78 is -16.4. The SMILES string of the molecule is ClC(Cl)(Cl)C(Cl)(Cl)C(Cl)(Cl)C(Cl)(Cl)C(Cl)(C(Cl)(Cl)Cl)C(Cl)(Cl)Cl. The van der Waals surface area contributed by atoms with Crippen LogP contribution in [0.1, 0.15) is 0 Å². The summed E-state index contributed by atoms with van der Waals surface area (Å²) in [7, 11) is 0. The third kappa shape index (κ3) is 4.70. The Morgan fingerprint density at radius 1 is 0.261 bits per heavy atom. The molecule has 0 amide bonds. The van der Waals surface area contributed by atoms with Gasteiger partial charge in [0, 0.05) is 0 Å². The highest BCUT2D eigenvalue weighted by molar-refractivity contribution is 6.84. The number of alkyl halides is 16. The van der Waals surface area contributed by atoms with Crippen LogP contribution in [0.5, 0.6) is 0 Å². The molecule has 0 rings (SSSR count). The Bertz CT molecular complexity index is 417. The van der Waals surface area contributed by atoms with E-state index >= 15 is 0 Å². The predicted molar refractivity (Wildman–Crippen MR) is 113 cm³/mol. The van der Waals surface area contributed by atoms with Gasteiger partial charge in [-0.1, -0.05) is 174 Å². The lowest BCUT2D eigenvalue weighted by atomic mass is 10.0. The summed E-state index contributed by atoms with van der Waals surface area (Å²) >= 11 is 93.7. The highest BCUT2D eigenvalue weighted by atomic mass is 35.6. The highest BCUT2D eigenvalue weighted by Gasteiger charge is 2.81. The molecule has 23 heavy (non-hydrogen) atoms. The molecule has 0 bridgehead atoms. The topological polar surface area (TPSA) is 0 Å². The molecule has 0 saturated heterocycles. The smallest absolute Gasteiger partial charge is 0.106 e. The summed E-state index contributed by atoms with van der Waals surface area (Å²) in [6.07, 6.45) is 0. The zero-order valence-corrected chi connectivity index (χ0v) is 21.6. The van der Waals surface area contributed by atoms with Crippen LogP contribution in [0.4, 0.5) is 0 Å². The summed E-state index contributed by atoms with van der Waals surface area (Å²) in [5, 5.41) is 0. The van der Waals surface area contributed by atoms with Crippen LogP contribution in [0.3, 0.4) is 0 Å². The van der Waals surface area contributed by atoms with Crippen LogP contribution in [0.15, 0.2) is 0 Å². The molecule has 0 aliphatic rings. The quantitative estimate of drug-likeness (QED) is 0.267. The fraction of sp³-hybridized carbons (Fsp3) is 1.00. The molecule has 140 valence electrons. The van der Waals surface area contributed by atoms with Crippen LogP contribution >= 0.6 is 186 Å². The summed E-state index contributed by atoms with van der Waals surface area (Å²) in [6, 6.07) is 0. The minimum absolute atomic E-state index is 2.55. The first-order valence-corrected chi connectivity index (χ1v) is 10.6. The van der Waals surface area contributed by atoms with Crippen molar-refractivity contribution in [3.05, 3.63) is 0 Å². The second-order valence-corrected chi connectivity index (χ2v) is 15.3. The molecule has 0 aromatic heterocycles. The van der Waals surface area contributed by atoms with E-state index in [1.165, 1.54) is 0 Å². The molecular weight excluding hydrogens is 651 g/mol. The van der Waals surface area contributed by atoms with Crippen molar-refractivity contribution in [3.8, 4) is 0 Å². The predicted octanol–water partition coefficient (Wildman–Crippen LogP) is 9.60. The largest absolute Gasteiger partial charge is 0.226 e. The van der Waals surface area contributed by atoms with Crippen LogP contribution in [0, 0.1) is 0 Å². The molecule has 0 aliphatic heterocycles. The van der Waals surface area contributed by atoms with E-state index in [9.17, 15) is 0 Å². The normalized spacial score (nSPS) is 16.7. The van der Waals surface area contributed by atoms with Crippen LogP contribution in [0.2, 0.25) is 0 Å². The Morgan fingerprint density at radius 3 is 0.696 bits per heavy atom. The summed E-state index contributed by atoms with van der Waals surface area (Å²) in [4.78, 5) is -2.83. The molecule has 0 nitrogen and oxygen atoms in total. The average molecular weight is 651 g/mol. The van der Waals surface area contributed by atoms with Gasteiger partial charge in [0.25, 0.3) is 0 Å². The first kappa shape index (κ1) is 27.6. The van der Waals surface area contributed by atoms with Gasteiger partial charge in [-0.05, 0) is 0 Å². The van der Waals surface area contributed by atoms with Crippen molar-refractivity contribution in [2.45, 2.75) is 29.3 Å². The van der Waals surface area contributed by atoms with Gasteiger partial charge in [0.05, 0.1) is 0 Å². The third-order valence-electron chi connectivity index (χ3n) is 2.36. The molecule has 0 aromatic carbocycles. The summed E-state index contributed by atoms with van der Waals surface area (Å²) in [5.74, 6) is 0. The van der Waals surface area contributed by atoms with Crippen molar-refractivity contribution in [2.75, 3.05) is 0 Å². The molecule has 0 spiro atoms. The summed E-state index contributed by atoms with van der Waals surface area (Å²) in [5.41, 5.74) is 0. The second-order valence-electron chi connectivity index (χ2n) is 3.87. The second kappa shape index (κ2) is 8.05. The fourth-order valence-corrected chi connectivity index (χ4v) is 6.67. The van der Waals surface area contributed by atoms with E-state index in [2.05, 4.69) is 0 Å². The molecule has 0 unspecified atom stereocenters. The Balaban J connectivity index is 6.65. The van der Waals surface area contributed by atoms with Gasteiger partial charge in [-0.15, -0.1) is 11.6 Å². The first-order valence-electron chi connectivity index (χ1n) is 4.52. The van der Waals surface area contributed by atoms with Gasteiger partial charge in [0.15, 0.2) is 17.9 Å². The van der Waals surface area contributed by atoms with Gasteiger partial charge >= 0.3 is 0 Å². The Morgan fingerprint density at radius 2 is 0.522 bits per heavy atom. The Kier molecular flexibility index (Phi) is 9.68. The maximum Gasteiger partial charge on any atom is 0.226 e. The number of hydrogen-bond donors (Lipinski definition) is 0. The van der Waals surface area contributed by atoms with Gasteiger partial charge in [-0.3, -0.25) is 0 Å². The first-order chi connectivity index (χ1) is 9.50. The molecule has 0 saturated carbocycles. The van der Waals surface area contributed by atoms with E-state index in [-0.39, 0.29) is 0 Å². The molecular formula is C7Cl16. The molecule has 0 atom stereocenters. The van der Waals surface area contributed by atoms with Gasteiger partial charge in [0.2, 0.25) is 11.4 Å². The van der Waals surface area contributed by atoms with E-state index < -0.39 is 29.3 Å². The molecule has 0 fully saturated rings. The minimum atomic E-state index is -2.91. The monoisotopic (exact) mass is 644 g/mol. The number of rotatable bonds is 3. The molecule has 0 heterocycles. The van der Waals surface area contributed by atoms with Crippen molar-refractivity contribution in [1.29, 1.82) is 0 Å². The van der Waals surface area contributed by atoms with Crippen molar-refractivity contribution < 1.29 is 0 Å². The van der Waals surface area contributed by atoms with E-state index in [4.69, 9.17) is 186 Å². The molecule has 0 aromatic rings. The molecule has 0 N–H and O–H groups in total. The average Bonchev–Trinajstić information content (AvgIpc) is 2.22. The minimum Gasteiger partial charge on any atom is -0.106 e. The third-order valence-corrected chi connectivity index (χ3v) is 11.3. The Hall–Kier alpha value is 4.64. The van der Waals surface area contributed by atoms with Crippen molar-refractivity contribution in [3.63, 3.8) is 0 Å². The molecule has 0 radical (unpaired) electrons. The van der Waals surface area contributed by atoms with Crippen LogP contribution < -0.4 is 0 Å². The van der Waals surface area contributed by atoms with E-state index in [0.717, 1.165) is 0 Å². The fourth-order valence-electron chi connectivity index (χ4n) is 1.11. The van der Waals surface area contributed by atoms with E-state index in [1.807, 2.05) is 0 Å². The van der Waals surface area contributed by atoms with E-state index in [1.54, 1.807) is 0 Å². The zero-order valence-electron chi connectivity index (χ0n) is 9.55. The lowest BCUT2D eigenvalue weighted by Crippen LogP contribution is -2.70. The number of hydrogen-bond acceptors (Lipinski definition) is 0. The van der Waals surface area contributed by atoms with E-state index in [0.29, 0.717) is 0 Å². The Labute approximate surface area is 212 Å². The number of halogens is 16. The van der Waals surface area contributed by atoms with Gasteiger partial charge in [-0.2, -0.15) is 0 Å². The van der Waals surface area contributed by atoms with Crippen molar-refractivity contribution in [2.24, 2.45) is 0 Å². The van der Waals surface area contributed by atoms with Crippen LogP contribution in [-0.2, 0) is 0 Å². The van der Waals surface area contributed by atoms with Gasteiger partial charge in [0.1, 0.15) is 0 Å². The highest BCUT2D eigenvalue weighted by Crippen LogP contribution is 2.72. The zero-order chi connectivity index (χ0) is 19.5. The molecule has 16 heteroatoms. The van der Waals surface area contributed by atoms with Crippen LogP contribution in [-0.4, -0.2) is 29.3 Å². The van der Waals surface area contributed by atoms with Crippen molar-refractivity contribution >= 4 is 186 Å².